The molecular weight excluding hydrogens is 270 g/mol. The standard InChI is InChI=1S/C15H23N3O3/c1-4-6-8-11(3)17-15(19)12-9-7-10-13(18(20)21)14(12)16-5-2/h7,9-11,16H,4-6,8H2,1-3H3,(H,17,19). The molecule has 1 aromatic carbocycles. The molecule has 0 bridgehead atoms. The summed E-state index contributed by atoms with van der Waals surface area (Å²) in [6.07, 6.45) is 3.00. The van der Waals surface area contributed by atoms with Crippen molar-refractivity contribution < 1.29 is 9.72 Å². The van der Waals surface area contributed by atoms with E-state index in [1.54, 1.807) is 6.07 Å². The predicted octanol–water partition coefficient (Wildman–Crippen LogP) is 3.34. The molecule has 0 aliphatic carbocycles. The molecule has 2 N–H and O–H groups in total. The van der Waals surface area contributed by atoms with E-state index in [-0.39, 0.29) is 23.3 Å². The van der Waals surface area contributed by atoms with E-state index in [9.17, 15) is 14.9 Å². The Morgan fingerprint density at radius 3 is 2.67 bits per heavy atom. The Bertz CT molecular complexity index is 503. The molecule has 0 aliphatic rings. The summed E-state index contributed by atoms with van der Waals surface area (Å²) in [5, 5.41) is 16.9. The molecule has 1 aromatic rings. The van der Waals surface area contributed by atoms with Gasteiger partial charge >= 0.3 is 0 Å². The number of nitro groups is 1. The van der Waals surface area contributed by atoms with Gasteiger partial charge in [0.15, 0.2) is 0 Å². The number of nitro benzene ring substituents is 1. The highest BCUT2D eigenvalue weighted by atomic mass is 16.6. The van der Waals surface area contributed by atoms with Crippen molar-refractivity contribution in [1.29, 1.82) is 0 Å². The van der Waals surface area contributed by atoms with Gasteiger partial charge in [-0.05, 0) is 26.3 Å². The molecule has 21 heavy (non-hydrogen) atoms. The summed E-state index contributed by atoms with van der Waals surface area (Å²) in [6, 6.07) is 4.58. The van der Waals surface area contributed by atoms with Crippen LogP contribution in [0, 0.1) is 10.1 Å². The fourth-order valence-electron chi connectivity index (χ4n) is 2.13. The van der Waals surface area contributed by atoms with Crippen molar-refractivity contribution in [3.63, 3.8) is 0 Å². The Kier molecular flexibility index (Phi) is 6.65. The lowest BCUT2D eigenvalue weighted by atomic mass is 10.1. The van der Waals surface area contributed by atoms with Crippen molar-refractivity contribution >= 4 is 17.3 Å². The molecule has 0 fully saturated rings. The molecule has 0 aromatic heterocycles. The first-order valence-corrected chi connectivity index (χ1v) is 7.33. The largest absolute Gasteiger partial charge is 0.379 e. The lowest BCUT2D eigenvalue weighted by Gasteiger charge is -2.15. The average Bonchev–Trinajstić information content (AvgIpc) is 2.45. The van der Waals surface area contributed by atoms with Gasteiger partial charge in [0.05, 0.1) is 10.5 Å². The van der Waals surface area contributed by atoms with Crippen LogP contribution in [0.1, 0.15) is 50.4 Å². The molecule has 0 saturated heterocycles. The van der Waals surface area contributed by atoms with Crippen LogP contribution < -0.4 is 10.6 Å². The normalized spacial score (nSPS) is 11.8. The van der Waals surface area contributed by atoms with E-state index in [2.05, 4.69) is 17.6 Å². The van der Waals surface area contributed by atoms with Gasteiger partial charge in [-0.1, -0.05) is 25.8 Å². The van der Waals surface area contributed by atoms with E-state index >= 15 is 0 Å². The fourth-order valence-corrected chi connectivity index (χ4v) is 2.13. The molecule has 0 heterocycles. The van der Waals surface area contributed by atoms with Crippen molar-refractivity contribution in [2.24, 2.45) is 0 Å². The molecule has 0 spiro atoms. The number of benzene rings is 1. The molecule has 6 heteroatoms. The third-order valence-electron chi connectivity index (χ3n) is 3.21. The average molecular weight is 293 g/mol. The smallest absolute Gasteiger partial charge is 0.293 e. The second kappa shape index (κ2) is 8.24. The van der Waals surface area contributed by atoms with Crippen molar-refractivity contribution in [3.8, 4) is 0 Å². The number of unbranched alkanes of at least 4 members (excludes halogenated alkanes) is 1. The van der Waals surface area contributed by atoms with E-state index in [0.717, 1.165) is 19.3 Å². The van der Waals surface area contributed by atoms with Crippen LogP contribution in [0.2, 0.25) is 0 Å². The minimum absolute atomic E-state index is 0.0474. The predicted molar refractivity (Wildman–Crippen MR) is 83.7 cm³/mol. The van der Waals surface area contributed by atoms with Gasteiger partial charge in [0.1, 0.15) is 5.69 Å². The Hall–Kier alpha value is -2.11. The summed E-state index contributed by atoms with van der Waals surface area (Å²) >= 11 is 0. The number of rotatable bonds is 8. The van der Waals surface area contributed by atoms with Crippen LogP contribution >= 0.6 is 0 Å². The lowest BCUT2D eigenvalue weighted by molar-refractivity contribution is -0.384. The van der Waals surface area contributed by atoms with Crippen molar-refractivity contribution in [1.82, 2.24) is 5.32 Å². The highest BCUT2D eigenvalue weighted by Gasteiger charge is 2.21. The lowest BCUT2D eigenvalue weighted by Crippen LogP contribution is -2.33. The van der Waals surface area contributed by atoms with E-state index in [1.165, 1.54) is 12.1 Å². The molecule has 0 aliphatic heterocycles. The number of hydrogen-bond acceptors (Lipinski definition) is 4. The van der Waals surface area contributed by atoms with Crippen LogP contribution in [0.4, 0.5) is 11.4 Å². The van der Waals surface area contributed by atoms with E-state index in [4.69, 9.17) is 0 Å². The summed E-state index contributed by atoms with van der Waals surface area (Å²) in [4.78, 5) is 22.9. The van der Waals surface area contributed by atoms with Gasteiger partial charge in [-0.25, -0.2) is 0 Å². The zero-order valence-electron chi connectivity index (χ0n) is 12.8. The molecule has 6 nitrogen and oxygen atoms in total. The highest BCUT2D eigenvalue weighted by Crippen LogP contribution is 2.28. The number of anilines is 1. The summed E-state index contributed by atoms with van der Waals surface area (Å²) in [7, 11) is 0. The molecule has 1 atom stereocenters. The number of carbonyl (C=O) groups is 1. The van der Waals surface area contributed by atoms with Gasteiger partial charge in [-0.2, -0.15) is 0 Å². The Balaban J connectivity index is 2.97. The SMILES string of the molecule is CCCCC(C)NC(=O)c1cccc([N+](=O)[O-])c1NCC. The van der Waals surface area contributed by atoms with Crippen molar-refractivity contribution in [2.45, 2.75) is 46.1 Å². The number of hydrogen-bond donors (Lipinski definition) is 2. The quantitative estimate of drug-likeness (QED) is 0.568. The third kappa shape index (κ3) is 4.73. The number of amides is 1. The van der Waals surface area contributed by atoms with Gasteiger partial charge in [0.2, 0.25) is 0 Å². The number of nitrogens with one attached hydrogen (secondary N) is 2. The second-order valence-corrected chi connectivity index (χ2v) is 5.00. The van der Waals surface area contributed by atoms with Crippen LogP contribution in [0.25, 0.3) is 0 Å². The summed E-state index contributed by atoms with van der Waals surface area (Å²) in [5.41, 5.74) is 0.519. The minimum Gasteiger partial charge on any atom is -0.379 e. The Labute approximate surface area is 125 Å². The molecule has 1 rings (SSSR count). The maximum atomic E-state index is 12.3. The first-order valence-electron chi connectivity index (χ1n) is 7.33. The fraction of sp³-hybridized carbons (Fsp3) is 0.533. The summed E-state index contributed by atoms with van der Waals surface area (Å²) < 4.78 is 0. The number of carbonyl (C=O) groups excluding carboxylic acids is 1. The van der Waals surface area contributed by atoms with Gasteiger partial charge in [-0.3, -0.25) is 14.9 Å². The van der Waals surface area contributed by atoms with Crippen LogP contribution in [-0.2, 0) is 0 Å². The van der Waals surface area contributed by atoms with E-state index in [1.807, 2.05) is 13.8 Å². The van der Waals surface area contributed by atoms with Gasteiger partial charge in [-0.15, -0.1) is 0 Å². The maximum Gasteiger partial charge on any atom is 0.293 e. The molecule has 0 saturated carbocycles. The minimum atomic E-state index is -0.477. The van der Waals surface area contributed by atoms with Gasteiger partial charge in [0.25, 0.3) is 11.6 Å². The van der Waals surface area contributed by atoms with E-state index < -0.39 is 4.92 Å². The third-order valence-corrected chi connectivity index (χ3v) is 3.21. The topological polar surface area (TPSA) is 84.3 Å². The van der Waals surface area contributed by atoms with Crippen LogP contribution in [0.15, 0.2) is 18.2 Å². The van der Waals surface area contributed by atoms with Gasteiger partial charge in [0, 0.05) is 18.7 Å². The number of nitrogens with zero attached hydrogens (tertiary/aromatic N) is 1. The molecule has 1 unspecified atom stereocenters. The molecule has 1 amide bonds. The maximum absolute atomic E-state index is 12.3. The molecule has 116 valence electrons. The van der Waals surface area contributed by atoms with Gasteiger partial charge < -0.3 is 10.6 Å². The first-order chi connectivity index (χ1) is 10.0. The monoisotopic (exact) mass is 293 g/mol. The first kappa shape index (κ1) is 16.9. The Morgan fingerprint density at radius 1 is 1.38 bits per heavy atom. The van der Waals surface area contributed by atoms with E-state index in [0.29, 0.717) is 12.1 Å². The number of para-hydroxylation sites is 1. The Morgan fingerprint density at radius 2 is 2.10 bits per heavy atom. The van der Waals surface area contributed by atoms with Crippen LogP contribution in [0.3, 0.4) is 0 Å². The molecular formula is C15H23N3O3. The van der Waals surface area contributed by atoms with Crippen LogP contribution in [-0.4, -0.2) is 23.4 Å². The molecule has 0 radical (unpaired) electrons. The second-order valence-electron chi connectivity index (χ2n) is 5.00. The summed E-state index contributed by atoms with van der Waals surface area (Å²) in [6.45, 7) is 6.38. The zero-order valence-corrected chi connectivity index (χ0v) is 12.8. The highest BCUT2D eigenvalue weighted by molar-refractivity contribution is 6.01. The van der Waals surface area contributed by atoms with Crippen molar-refractivity contribution in [2.75, 3.05) is 11.9 Å². The summed E-state index contributed by atoms with van der Waals surface area (Å²) in [5.74, 6) is -0.279. The van der Waals surface area contributed by atoms with Crippen molar-refractivity contribution in [3.05, 3.63) is 33.9 Å². The zero-order chi connectivity index (χ0) is 15.8. The van der Waals surface area contributed by atoms with Crippen LogP contribution in [0.5, 0.6) is 0 Å².